The zero-order valence-electron chi connectivity index (χ0n) is 12.4. The van der Waals surface area contributed by atoms with Crippen LogP contribution in [0.15, 0.2) is 35.5 Å². The number of hydrogen-bond acceptors (Lipinski definition) is 2. The van der Waals surface area contributed by atoms with Crippen molar-refractivity contribution in [2.45, 2.75) is 13.8 Å². The molecule has 0 atom stereocenters. The molecule has 0 radical (unpaired) electrons. The fraction of sp³-hybridized carbons (Fsp3) is 0.118. The number of rotatable bonds is 3. The van der Waals surface area contributed by atoms with Crippen molar-refractivity contribution in [3.63, 3.8) is 0 Å². The lowest BCUT2D eigenvalue weighted by molar-refractivity contribution is 0.101. The molecule has 1 heterocycles. The zero-order valence-corrected chi connectivity index (χ0v) is 13.9. The topological polar surface area (TPSA) is 48.0 Å². The standard InChI is InChI=1S/C17H16Cl2N2O/c1-4-12(18)7-17-10(2)14(11(3)22)9-21(17)16-6-5-13(20)8-15(16)19/h4-9H,2,20H2,1,3H3/b12-4+,17-7+. The van der Waals surface area contributed by atoms with Gasteiger partial charge in [0.15, 0.2) is 5.78 Å². The van der Waals surface area contributed by atoms with Gasteiger partial charge in [0.05, 0.1) is 16.1 Å². The van der Waals surface area contributed by atoms with Crippen molar-refractivity contribution in [3.8, 4) is 5.69 Å². The van der Waals surface area contributed by atoms with Crippen LogP contribution in [-0.4, -0.2) is 10.4 Å². The number of ketones is 1. The monoisotopic (exact) mass is 334 g/mol. The highest BCUT2D eigenvalue weighted by Crippen LogP contribution is 2.22. The van der Waals surface area contributed by atoms with E-state index in [4.69, 9.17) is 28.9 Å². The van der Waals surface area contributed by atoms with Crippen LogP contribution >= 0.6 is 23.2 Å². The molecule has 0 unspecified atom stereocenters. The summed E-state index contributed by atoms with van der Waals surface area (Å²) in [6.07, 6.45) is 5.23. The third-order valence-corrected chi connectivity index (χ3v) is 3.94. The van der Waals surface area contributed by atoms with Crippen molar-refractivity contribution < 1.29 is 4.79 Å². The van der Waals surface area contributed by atoms with Gasteiger partial charge in [-0.1, -0.05) is 35.9 Å². The largest absolute Gasteiger partial charge is 0.399 e. The Bertz CT molecular complexity index is 879. The number of Topliss-reactive ketones (excluding diaryl/α,β-unsaturated/α-hetero) is 1. The normalized spacial score (nSPS) is 12.7. The van der Waals surface area contributed by atoms with E-state index in [0.29, 0.717) is 37.6 Å². The number of anilines is 1. The smallest absolute Gasteiger partial charge is 0.161 e. The van der Waals surface area contributed by atoms with Gasteiger partial charge in [-0.05, 0) is 38.1 Å². The number of hydrogen-bond donors (Lipinski definition) is 1. The molecule has 0 saturated carbocycles. The lowest BCUT2D eigenvalue weighted by atomic mass is 10.2. The summed E-state index contributed by atoms with van der Waals surface area (Å²) in [5, 5.41) is 2.35. The maximum absolute atomic E-state index is 11.8. The predicted octanol–water partition coefficient (Wildman–Crippen LogP) is 3.25. The fourth-order valence-electron chi connectivity index (χ4n) is 2.15. The molecule has 2 rings (SSSR count). The Hall–Kier alpha value is -1.97. The molecule has 2 aromatic rings. The van der Waals surface area contributed by atoms with Crippen molar-refractivity contribution in [1.29, 1.82) is 0 Å². The highest BCUT2D eigenvalue weighted by molar-refractivity contribution is 6.34. The Labute approximate surface area is 139 Å². The number of carbonyl (C=O) groups excluding carboxylic acids is 1. The Morgan fingerprint density at radius 1 is 1.41 bits per heavy atom. The molecule has 22 heavy (non-hydrogen) atoms. The van der Waals surface area contributed by atoms with Gasteiger partial charge in [0.1, 0.15) is 0 Å². The molecule has 2 N–H and O–H groups in total. The Kier molecular flexibility index (Phi) is 4.79. The quantitative estimate of drug-likeness (QED) is 0.691. The highest BCUT2D eigenvalue weighted by Gasteiger charge is 2.11. The van der Waals surface area contributed by atoms with Crippen LogP contribution < -0.4 is 16.3 Å². The lowest BCUT2D eigenvalue weighted by Gasteiger charge is -2.07. The molecule has 1 aromatic heterocycles. The van der Waals surface area contributed by atoms with Crippen LogP contribution in [-0.2, 0) is 0 Å². The molecule has 114 valence electrons. The molecule has 0 bridgehead atoms. The van der Waals surface area contributed by atoms with Gasteiger partial charge < -0.3 is 10.3 Å². The molecule has 3 nitrogen and oxygen atoms in total. The van der Waals surface area contributed by atoms with Gasteiger partial charge in [-0.25, -0.2) is 0 Å². The van der Waals surface area contributed by atoms with Gasteiger partial charge in [-0.15, -0.1) is 0 Å². The highest BCUT2D eigenvalue weighted by atomic mass is 35.5. The van der Waals surface area contributed by atoms with Gasteiger partial charge in [0.25, 0.3) is 0 Å². The first-order valence-electron chi connectivity index (χ1n) is 6.65. The summed E-state index contributed by atoms with van der Waals surface area (Å²) in [4.78, 5) is 11.8. The second kappa shape index (κ2) is 6.42. The maximum Gasteiger partial charge on any atom is 0.161 e. The molecule has 0 saturated heterocycles. The Morgan fingerprint density at radius 2 is 2.09 bits per heavy atom. The predicted molar refractivity (Wildman–Crippen MR) is 94.0 cm³/mol. The number of nitrogens with two attached hydrogens (primary N) is 1. The Balaban J connectivity index is 2.86. The summed E-state index contributed by atoms with van der Waals surface area (Å²) in [5.41, 5.74) is 7.54. The number of aromatic nitrogens is 1. The molecule has 0 spiro atoms. The minimum absolute atomic E-state index is 0.0680. The van der Waals surface area contributed by atoms with Crippen molar-refractivity contribution in [2.24, 2.45) is 0 Å². The summed E-state index contributed by atoms with van der Waals surface area (Å²) < 4.78 is 1.80. The van der Waals surface area contributed by atoms with E-state index in [0.717, 1.165) is 0 Å². The van der Waals surface area contributed by atoms with Crippen molar-refractivity contribution >= 4 is 47.3 Å². The van der Waals surface area contributed by atoms with E-state index < -0.39 is 0 Å². The SMILES string of the molecule is C=c1c(C(C)=O)cn(-c2ccc(N)cc2Cl)/c1=C/C(Cl)=C\C. The molecule has 0 aliphatic carbocycles. The number of halogens is 2. The molecule has 0 amide bonds. The number of nitrogen functional groups attached to an aromatic ring is 1. The van der Waals surface area contributed by atoms with Crippen LogP contribution in [0.1, 0.15) is 24.2 Å². The summed E-state index contributed by atoms with van der Waals surface area (Å²) >= 11 is 12.4. The van der Waals surface area contributed by atoms with Crippen molar-refractivity contribution in [1.82, 2.24) is 4.57 Å². The first-order chi connectivity index (χ1) is 10.3. The van der Waals surface area contributed by atoms with Gasteiger partial charge in [0, 0.05) is 27.7 Å². The summed E-state index contributed by atoms with van der Waals surface area (Å²) in [6, 6.07) is 5.20. The molecular formula is C17H16Cl2N2O. The second-order valence-electron chi connectivity index (χ2n) is 4.86. The van der Waals surface area contributed by atoms with Crippen molar-refractivity contribution in [3.05, 3.63) is 56.7 Å². The second-order valence-corrected chi connectivity index (χ2v) is 5.71. The number of benzene rings is 1. The van der Waals surface area contributed by atoms with Gasteiger partial charge in [0.2, 0.25) is 0 Å². The minimum Gasteiger partial charge on any atom is -0.399 e. The van der Waals surface area contributed by atoms with Crippen LogP contribution in [0.2, 0.25) is 5.02 Å². The zero-order chi connectivity index (χ0) is 16.4. The molecule has 0 fully saturated rings. The average Bonchev–Trinajstić information content (AvgIpc) is 2.76. The minimum atomic E-state index is -0.0680. The van der Waals surface area contributed by atoms with Crippen LogP contribution in [0.5, 0.6) is 0 Å². The molecule has 5 heteroatoms. The van der Waals surface area contributed by atoms with Crippen LogP contribution in [0.3, 0.4) is 0 Å². The van der Waals surface area contributed by atoms with Gasteiger partial charge in [-0.3, -0.25) is 4.79 Å². The average molecular weight is 335 g/mol. The van der Waals surface area contributed by atoms with E-state index in [1.54, 1.807) is 41.1 Å². The van der Waals surface area contributed by atoms with Crippen LogP contribution in [0.4, 0.5) is 5.69 Å². The van der Waals surface area contributed by atoms with Crippen LogP contribution in [0, 0.1) is 0 Å². The van der Waals surface area contributed by atoms with Gasteiger partial charge in [-0.2, -0.15) is 0 Å². The molecule has 0 aliphatic heterocycles. The van der Waals surface area contributed by atoms with E-state index in [2.05, 4.69) is 6.58 Å². The molecule has 0 aliphatic rings. The first kappa shape index (κ1) is 16.4. The van der Waals surface area contributed by atoms with Gasteiger partial charge >= 0.3 is 0 Å². The summed E-state index contributed by atoms with van der Waals surface area (Å²) in [6.45, 7) is 7.33. The number of allylic oxidation sites excluding steroid dienone is 2. The molecular weight excluding hydrogens is 319 g/mol. The third-order valence-electron chi connectivity index (χ3n) is 3.31. The maximum atomic E-state index is 11.8. The summed E-state index contributed by atoms with van der Waals surface area (Å²) in [7, 11) is 0. The number of carbonyl (C=O) groups is 1. The Morgan fingerprint density at radius 3 is 2.64 bits per heavy atom. The fourth-order valence-corrected chi connectivity index (χ4v) is 2.54. The number of nitrogens with zero attached hydrogens (tertiary/aromatic N) is 1. The van der Waals surface area contributed by atoms with E-state index in [-0.39, 0.29) is 5.78 Å². The van der Waals surface area contributed by atoms with Crippen molar-refractivity contribution in [2.75, 3.05) is 5.73 Å². The third kappa shape index (κ3) is 3.11. The summed E-state index contributed by atoms with van der Waals surface area (Å²) in [5.74, 6) is -0.0680. The van der Waals surface area contributed by atoms with E-state index >= 15 is 0 Å². The first-order valence-corrected chi connectivity index (χ1v) is 7.41. The van der Waals surface area contributed by atoms with Crippen LogP contribution in [0.25, 0.3) is 18.3 Å². The lowest BCUT2D eigenvalue weighted by Crippen LogP contribution is -2.29. The van der Waals surface area contributed by atoms with E-state index in [1.807, 2.05) is 6.92 Å². The van der Waals surface area contributed by atoms with E-state index in [1.165, 1.54) is 6.92 Å². The van der Waals surface area contributed by atoms with E-state index in [9.17, 15) is 4.79 Å². The molecule has 1 aromatic carbocycles.